The summed E-state index contributed by atoms with van der Waals surface area (Å²) in [5, 5.41) is 13.6. The van der Waals surface area contributed by atoms with Crippen LogP contribution in [0, 0.1) is 18.6 Å². The van der Waals surface area contributed by atoms with Gasteiger partial charge in [-0.1, -0.05) is 20.3 Å². The highest BCUT2D eigenvalue weighted by Crippen LogP contribution is 2.34. The molecule has 190 valence electrons. The monoisotopic (exact) mass is 500 g/mol. The average Bonchev–Trinajstić information content (AvgIpc) is 3.24. The number of rotatable bonds is 14. The molecule has 0 aliphatic rings. The van der Waals surface area contributed by atoms with Gasteiger partial charge in [-0.25, -0.2) is 9.37 Å². The molecular formula is C24H34F2N2O5S. The second-order valence-corrected chi connectivity index (χ2v) is 8.46. The van der Waals surface area contributed by atoms with Crippen LogP contribution in [0.1, 0.15) is 57.4 Å². The Morgan fingerprint density at radius 2 is 1.85 bits per heavy atom. The predicted molar refractivity (Wildman–Crippen MR) is 128 cm³/mol. The molecule has 0 bridgehead atoms. The largest absolute Gasteiger partial charge is 0.490 e. The van der Waals surface area contributed by atoms with Gasteiger partial charge in [-0.15, -0.1) is 11.3 Å². The third-order valence-corrected chi connectivity index (χ3v) is 5.16. The van der Waals surface area contributed by atoms with Crippen LogP contribution >= 0.6 is 11.3 Å². The van der Waals surface area contributed by atoms with Crippen LogP contribution in [0.3, 0.4) is 0 Å². The second kappa shape index (κ2) is 16.9. The number of aryl methyl sites for hydroxylation is 1. The Bertz CT molecular complexity index is 886. The molecule has 1 heterocycles. The summed E-state index contributed by atoms with van der Waals surface area (Å²) in [6, 6.07) is 2.44. The summed E-state index contributed by atoms with van der Waals surface area (Å²) in [4.78, 5) is 26.0. The van der Waals surface area contributed by atoms with Gasteiger partial charge in [0, 0.05) is 37.1 Å². The van der Waals surface area contributed by atoms with Gasteiger partial charge >= 0.3 is 5.97 Å². The summed E-state index contributed by atoms with van der Waals surface area (Å²) >= 11 is 1.39. The summed E-state index contributed by atoms with van der Waals surface area (Å²) in [6.45, 7) is 8.28. The number of aliphatic carboxylic acids is 1. The van der Waals surface area contributed by atoms with Crippen LogP contribution in [-0.4, -0.2) is 48.3 Å². The van der Waals surface area contributed by atoms with E-state index in [4.69, 9.17) is 14.6 Å². The van der Waals surface area contributed by atoms with E-state index >= 15 is 0 Å². The van der Waals surface area contributed by atoms with E-state index < -0.39 is 17.6 Å². The quantitative estimate of drug-likeness (QED) is 0.339. The van der Waals surface area contributed by atoms with Crippen LogP contribution in [0.2, 0.25) is 0 Å². The van der Waals surface area contributed by atoms with Crippen molar-refractivity contribution in [3.63, 3.8) is 0 Å². The van der Waals surface area contributed by atoms with Crippen molar-refractivity contribution >= 4 is 23.2 Å². The number of ether oxygens (including phenoxy) is 2. The Hall–Kier alpha value is -2.59. The highest BCUT2D eigenvalue weighted by molar-refractivity contribution is 7.09. The third-order valence-electron chi connectivity index (χ3n) is 4.39. The second-order valence-electron chi connectivity index (χ2n) is 7.40. The van der Waals surface area contributed by atoms with Gasteiger partial charge in [0.25, 0.3) is 0 Å². The van der Waals surface area contributed by atoms with Crippen molar-refractivity contribution in [1.82, 2.24) is 10.3 Å². The zero-order valence-electron chi connectivity index (χ0n) is 20.0. The maximum Gasteiger partial charge on any atom is 0.303 e. The van der Waals surface area contributed by atoms with Crippen LogP contribution in [0.25, 0.3) is 11.3 Å². The molecule has 1 amide bonds. The van der Waals surface area contributed by atoms with Crippen LogP contribution in [0.15, 0.2) is 17.5 Å². The normalized spacial score (nSPS) is 10.4. The molecule has 0 aliphatic heterocycles. The number of carboxylic acid groups (broad SMARTS) is 1. The van der Waals surface area contributed by atoms with Crippen molar-refractivity contribution < 1.29 is 33.0 Å². The lowest BCUT2D eigenvalue weighted by Gasteiger charge is -2.12. The number of amides is 1. The van der Waals surface area contributed by atoms with E-state index in [1.54, 1.807) is 5.38 Å². The molecule has 0 spiro atoms. The molecule has 1 aromatic heterocycles. The lowest BCUT2D eigenvalue weighted by Crippen LogP contribution is -2.26. The number of aromatic nitrogens is 1. The zero-order valence-corrected chi connectivity index (χ0v) is 20.8. The fourth-order valence-corrected chi connectivity index (χ4v) is 3.25. The number of halogens is 2. The molecule has 0 saturated carbocycles. The summed E-state index contributed by atoms with van der Waals surface area (Å²) in [6.07, 6.45) is 3.59. The van der Waals surface area contributed by atoms with Gasteiger partial charge < -0.3 is 19.9 Å². The minimum atomic E-state index is -1.08. The van der Waals surface area contributed by atoms with E-state index in [0.29, 0.717) is 17.7 Å². The Morgan fingerprint density at radius 3 is 2.47 bits per heavy atom. The molecule has 2 rings (SSSR count). The Kier molecular flexibility index (Phi) is 14.7. The van der Waals surface area contributed by atoms with Crippen LogP contribution in [-0.2, 0) is 14.3 Å². The first kappa shape index (κ1) is 29.4. The fraction of sp³-hybridized carbons (Fsp3) is 0.542. The highest BCUT2D eigenvalue weighted by atomic mass is 32.1. The number of nitrogens with one attached hydrogen (secondary N) is 1. The number of carboxylic acids is 1. The van der Waals surface area contributed by atoms with Gasteiger partial charge in [-0.2, -0.15) is 4.39 Å². The van der Waals surface area contributed by atoms with E-state index in [9.17, 15) is 18.4 Å². The maximum absolute atomic E-state index is 14.1. The summed E-state index contributed by atoms with van der Waals surface area (Å²) < 4.78 is 38.3. The van der Waals surface area contributed by atoms with Gasteiger partial charge in [-0.3, -0.25) is 9.59 Å². The lowest BCUT2D eigenvalue weighted by atomic mass is 10.1. The van der Waals surface area contributed by atoms with Gasteiger partial charge in [0.15, 0.2) is 11.6 Å². The van der Waals surface area contributed by atoms with Gasteiger partial charge in [0.2, 0.25) is 11.7 Å². The first-order valence-electron chi connectivity index (χ1n) is 11.4. The SMILES string of the molecule is CCCCOCCC.Cc1nc(-c2ccc(F)c(F)c2OCCCNC(=O)CCC(=O)O)cs1. The zero-order chi connectivity index (χ0) is 25.3. The van der Waals surface area contributed by atoms with Crippen molar-refractivity contribution in [2.24, 2.45) is 0 Å². The number of benzene rings is 1. The first-order chi connectivity index (χ1) is 16.3. The number of thiazole rings is 1. The Morgan fingerprint density at radius 1 is 1.09 bits per heavy atom. The molecule has 0 aliphatic carbocycles. The Balaban J connectivity index is 0.000000620. The molecule has 10 heteroatoms. The molecule has 0 atom stereocenters. The molecule has 7 nitrogen and oxygen atoms in total. The van der Waals surface area contributed by atoms with Crippen molar-refractivity contribution in [2.75, 3.05) is 26.4 Å². The summed E-state index contributed by atoms with van der Waals surface area (Å²) in [7, 11) is 0. The van der Waals surface area contributed by atoms with E-state index in [-0.39, 0.29) is 37.6 Å². The van der Waals surface area contributed by atoms with E-state index in [0.717, 1.165) is 30.7 Å². The maximum atomic E-state index is 14.1. The standard InChI is InChI=1S/C17H18F2N2O4S.C7H16O/c1-10-21-13(9-26-10)11-3-4-12(18)16(19)17(11)25-8-2-7-20-14(22)5-6-15(23)24;1-3-5-7-8-6-4-2/h3-4,9H,2,5-8H2,1H3,(H,20,22)(H,23,24);3-7H2,1-2H3. The number of unbranched alkanes of at least 4 members (excludes halogenated alkanes) is 1. The van der Waals surface area contributed by atoms with Crippen LogP contribution in [0.4, 0.5) is 8.78 Å². The molecule has 0 radical (unpaired) electrons. The first-order valence-corrected chi connectivity index (χ1v) is 12.3. The minimum absolute atomic E-state index is 0.0513. The van der Waals surface area contributed by atoms with Crippen molar-refractivity contribution in [3.05, 3.63) is 34.2 Å². The fourth-order valence-electron chi connectivity index (χ4n) is 2.64. The minimum Gasteiger partial charge on any atom is -0.490 e. The molecule has 34 heavy (non-hydrogen) atoms. The van der Waals surface area contributed by atoms with Gasteiger partial charge in [0.1, 0.15) is 0 Å². The van der Waals surface area contributed by atoms with Crippen molar-refractivity contribution in [2.45, 2.75) is 59.3 Å². The van der Waals surface area contributed by atoms with Crippen LogP contribution < -0.4 is 10.1 Å². The topological polar surface area (TPSA) is 97.8 Å². The number of carbonyl (C=O) groups is 2. The predicted octanol–water partition coefficient (Wildman–Crippen LogP) is 5.36. The molecule has 0 unspecified atom stereocenters. The molecule has 0 fully saturated rings. The average molecular weight is 501 g/mol. The van der Waals surface area contributed by atoms with E-state index in [1.807, 2.05) is 6.92 Å². The number of hydrogen-bond acceptors (Lipinski definition) is 6. The molecule has 1 aromatic carbocycles. The summed E-state index contributed by atoms with van der Waals surface area (Å²) in [5.74, 6) is -3.75. The van der Waals surface area contributed by atoms with Gasteiger partial charge in [-0.05, 0) is 38.3 Å². The smallest absolute Gasteiger partial charge is 0.303 e. The highest BCUT2D eigenvalue weighted by Gasteiger charge is 2.18. The number of hydrogen-bond donors (Lipinski definition) is 2. The number of carbonyl (C=O) groups excluding carboxylic acids is 1. The molecule has 2 N–H and O–H groups in total. The van der Waals surface area contributed by atoms with E-state index in [1.165, 1.54) is 30.2 Å². The van der Waals surface area contributed by atoms with Gasteiger partial charge in [0.05, 0.1) is 23.7 Å². The van der Waals surface area contributed by atoms with Crippen molar-refractivity contribution in [3.8, 4) is 17.0 Å². The van der Waals surface area contributed by atoms with Crippen molar-refractivity contribution in [1.29, 1.82) is 0 Å². The lowest BCUT2D eigenvalue weighted by molar-refractivity contribution is -0.138. The molecule has 0 saturated heterocycles. The molecule has 2 aromatic rings. The third kappa shape index (κ3) is 11.5. The summed E-state index contributed by atoms with van der Waals surface area (Å²) in [5.41, 5.74) is 0.863. The Labute approximate surface area is 203 Å². The van der Waals surface area contributed by atoms with Crippen LogP contribution in [0.5, 0.6) is 5.75 Å². The molecular weight excluding hydrogens is 466 g/mol. The number of nitrogens with zero attached hydrogens (tertiary/aromatic N) is 1. The van der Waals surface area contributed by atoms with E-state index in [2.05, 4.69) is 24.1 Å².